The summed E-state index contributed by atoms with van der Waals surface area (Å²) in [6, 6.07) is 0. The third-order valence-corrected chi connectivity index (χ3v) is 5.33. The minimum absolute atomic E-state index is 0.166. The molecule has 7 heteroatoms. The molecular formula is C21H38O7. The molecule has 0 saturated heterocycles. The van der Waals surface area contributed by atoms with Crippen LogP contribution in [0.5, 0.6) is 0 Å². The maximum Gasteiger partial charge on any atom is 0.332 e. The van der Waals surface area contributed by atoms with Gasteiger partial charge in [0.2, 0.25) is 0 Å². The standard InChI is InChI=1S/C21H38O7/c1-2-3-11-14-17(22)15-12-9-7-5-4-6-8-10-13-16-21(18(23)24,19(25)26)20(27)28/h17,22H,2-16H2,1H3,(H,23,24)(H,25,26)(H,27,28). The van der Waals surface area contributed by atoms with Crippen molar-refractivity contribution < 1.29 is 34.8 Å². The van der Waals surface area contributed by atoms with Crippen molar-refractivity contribution in [1.82, 2.24) is 0 Å². The Morgan fingerprint density at radius 3 is 1.39 bits per heavy atom. The van der Waals surface area contributed by atoms with Crippen LogP contribution in [0.1, 0.15) is 103 Å². The molecule has 28 heavy (non-hydrogen) atoms. The van der Waals surface area contributed by atoms with E-state index >= 15 is 0 Å². The average molecular weight is 403 g/mol. The predicted molar refractivity (Wildman–Crippen MR) is 106 cm³/mol. The smallest absolute Gasteiger partial charge is 0.332 e. The van der Waals surface area contributed by atoms with Crippen molar-refractivity contribution in [1.29, 1.82) is 0 Å². The van der Waals surface area contributed by atoms with Gasteiger partial charge in [0.05, 0.1) is 6.10 Å². The third-order valence-electron chi connectivity index (χ3n) is 5.33. The minimum atomic E-state index is -2.74. The summed E-state index contributed by atoms with van der Waals surface area (Å²) in [6.07, 6.45) is 12.8. The van der Waals surface area contributed by atoms with Crippen molar-refractivity contribution in [2.45, 2.75) is 109 Å². The Bertz CT molecular complexity index is 426. The molecule has 0 aliphatic rings. The van der Waals surface area contributed by atoms with E-state index < -0.39 is 29.7 Å². The van der Waals surface area contributed by atoms with E-state index in [4.69, 9.17) is 15.3 Å². The fourth-order valence-corrected chi connectivity index (χ4v) is 3.38. The highest BCUT2D eigenvalue weighted by molar-refractivity contribution is 6.16. The number of hydrogen-bond donors (Lipinski definition) is 4. The maximum absolute atomic E-state index is 11.1. The summed E-state index contributed by atoms with van der Waals surface area (Å²) in [7, 11) is 0. The molecule has 164 valence electrons. The number of aliphatic hydroxyl groups excluding tert-OH is 1. The second-order valence-electron chi connectivity index (χ2n) is 7.69. The molecule has 0 radical (unpaired) electrons. The summed E-state index contributed by atoms with van der Waals surface area (Å²) >= 11 is 0. The number of carbonyl (C=O) groups is 3. The van der Waals surface area contributed by atoms with E-state index in [-0.39, 0.29) is 12.5 Å². The summed E-state index contributed by atoms with van der Waals surface area (Å²) in [6.45, 7) is 2.15. The van der Waals surface area contributed by atoms with Crippen LogP contribution in [0.2, 0.25) is 0 Å². The number of rotatable bonds is 19. The van der Waals surface area contributed by atoms with Gasteiger partial charge in [0.1, 0.15) is 0 Å². The number of aliphatic hydroxyl groups is 1. The van der Waals surface area contributed by atoms with E-state index in [1.807, 2.05) is 0 Å². The van der Waals surface area contributed by atoms with Crippen LogP contribution in [0.15, 0.2) is 0 Å². The molecular weight excluding hydrogens is 364 g/mol. The van der Waals surface area contributed by atoms with Gasteiger partial charge < -0.3 is 20.4 Å². The van der Waals surface area contributed by atoms with Crippen LogP contribution in [-0.2, 0) is 14.4 Å². The SMILES string of the molecule is CCCCCC(O)CCCCCCCCCCCC(C(=O)O)(C(=O)O)C(=O)O. The molecule has 0 aromatic rings. The number of aliphatic carboxylic acids is 3. The van der Waals surface area contributed by atoms with Crippen molar-refractivity contribution >= 4 is 17.9 Å². The molecule has 1 atom stereocenters. The fourth-order valence-electron chi connectivity index (χ4n) is 3.38. The lowest BCUT2D eigenvalue weighted by atomic mass is 9.82. The quantitative estimate of drug-likeness (QED) is 0.185. The molecule has 0 heterocycles. The molecule has 0 bridgehead atoms. The topological polar surface area (TPSA) is 132 Å². The Balaban J connectivity index is 3.70. The van der Waals surface area contributed by atoms with Gasteiger partial charge in [0.15, 0.2) is 0 Å². The van der Waals surface area contributed by atoms with E-state index in [9.17, 15) is 19.5 Å². The Morgan fingerprint density at radius 1 is 0.643 bits per heavy atom. The molecule has 4 N–H and O–H groups in total. The lowest BCUT2D eigenvalue weighted by Gasteiger charge is -2.19. The van der Waals surface area contributed by atoms with Crippen LogP contribution in [0.3, 0.4) is 0 Å². The highest BCUT2D eigenvalue weighted by Gasteiger charge is 2.53. The Labute approximate surface area is 168 Å². The molecule has 0 fully saturated rings. The normalized spacial score (nSPS) is 12.6. The summed E-state index contributed by atoms with van der Waals surface area (Å²) in [4.78, 5) is 33.4. The highest BCUT2D eigenvalue weighted by Crippen LogP contribution is 2.27. The first kappa shape index (κ1) is 26.4. The lowest BCUT2D eigenvalue weighted by Crippen LogP contribution is -2.46. The number of carboxylic acids is 3. The Morgan fingerprint density at radius 2 is 1.00 bits per heavy atom. The number of carboxylic acid groups (broad SMARTS) is 3. The second-order valence-corrected chi connectivity index (χ2v) is 7.69. The van der Waals surface area contributed by atoms with Gasteiger partial charge in [-0.25, -0.2) is 0 Å². The summed E-state index contributed by atoms with van der Waals surface area (Å²) < 4.78 is 0. The zero-order valence-electron chi connectivity index (χ0n) is 17.2. The summed E-state index contributed by atoms with van der Waals surface area (Å²) in [5.41, 5.74) is -2.74. The van der Waals surface area contributed by atoms with Crippen LogP contribution in [0.4, 0.5) is 0 Å². The van der Waals surface area contributed by atoms with Gasteiger partial charge >= 0.3 is 17.9 Å². The van der Waals surface area contributed by atoms with E-state index in [1.165, 1.54) is 12.8 Å². The monoisotopic (exact) mass is 402 g/mol. The zero-order chi connectivity index (χ0) is 21.4. The fraction of sp³-hybridized carbons (Fsp3) is 0.857. The van der Waals surface area contributed by atoms with Crippen LogP contribution < -0.4 is 0 Å². The van der Waals surface area contributed by atoms with Crippen molar-refractivity contribution in [3.8, 4) is 0 Å². The van der Waals surface area contributed by atoms with Gasteiger partial charge in [-0.15, -0.1) is 0 Å². The van der Waals surface area contributed by atoms with Crippen LogP contribution in [0.25, 0.3) is 0 Å². The summed E-state index contributed by atoms with van der Waals surface area (Å²) in [5.74, 6) is -5.45. The first-order chi connectivity index (χ1) is 13.3. The zero-order valence-corrected chi connectivity index (χ0v) is 17.2. The number of hydrogen-bond acceptors (Lipinski definition) is 4. The first-order valence-corrected chi connectivity index (χ1v) is 10.7. The average Bonchev–Trinajstić information content (AvgIpc) is 2.62. The summed E-state index contributed by atoms with van der Waals surface area (Å²) in [5, 5.41) is 36.9. The van der Waals surface area contributed by atoms with Crippen LogP contribution in [-0.4, -0.2) is 44.4 Å². The van der Waals surface area contributed by atoms with Gasteiger partial charge in [-0.2, -0.15) is 0 Å². The largest absolute Gasteiger partial charge is 0.480 e. The van der Waals surface area contributed by atoms with Crippen molar-refractivity contribution in [3.05, 3.63) is 0 Å². The molecule has 0 aromatic heterocycles. The molecule has 1 unspecified atom stereocenters. The Kier molecular flexibility index (Phi) is 14.4. The van der Waals surface area contributed by atoms with Gasteiger partial charge in [-0.3, -0.25) is 14.4 Å². The minimum Gasteiger partial charge on any atom is -0.480 e. The van der Waals surface area contributed by atoms with Crippen LogP contribution in [0, 0.1) is 5.41 Å². The van der Waals surface area contributed by atoms with Crippen molar-refractivity contribution in [2.75, 3.05) is 0 Å². The molecule has 0 saturated carbocycles. The highest BCUT2D eigenvalue weighted by atomic mass is 16.4. The van der Waals surface area contributed by atoms with E-state index in [2.05, 4.69) is 6.92 Å². The van der Waals surface area contributed by atoms with E-state index in [0.29, 0.717) is 6.42 Å². The first-order valence-electron chi connectivity index (χ1n) is 10.7. The predicted octanol–water partition coefficient (Wildman–Crippen LogP) is 4.46. The van der Waals surface area contributed by atoms with E-state index in [1.54, 1.807) is 0 Å². The lowest BCUT2D eigenvalue weighted by molar-refractivity contribution is -0.176. The van der Waals surface area contributed by atoms with Crippen LogP contribution >= 0.6 is 0 Å². The molecule has 0 rings (SSSR count). The van der Waals surface area contributed by atoms with E-state index in [0.717, 1.165) is 64.2 Å². The van der Waals surface area contributed by atoms with Gasteiger partial charge in [-0.1, -0.05) is 84.0 Å². The number of unbranched alkanes of at least 4 members (excludes halogenated alkanes) is 10. The second kappa shape index (κ2) is 15.3. The molecule has 0 spiro atoms. The van der Waals surface area contributed by atoms with Gasteiger partial charge in [0.25, 0.3) is 5.41 Å². The molecule has 0 aliphatic carbocycles. The Hall–Kier alpha value is -1.63. The van der Waals surface area contributed by atoms with Gasteiger partial charge in [-0.05, 0) is 19.3 Å². The maximum atomic E-state index is 11.1. The van der Waals surface area contributed by atoms with Crippen molar-refractivity contribution in [3.63, 3.8) is 0 Å². The molecule has 0 amide bonds. The van der Waals surface area contributed by atoms with Crippen molar-refractivity contribution in [2.24, 2.45) is 5.41 Å². The third kappa shape index (κ3) is 10.1. The molecule has 0 aliphatic heterocycles. The molecule has 0 aromatic carbocycles. The van der Waals surface area contributed by atoms with Gasteiger partial charge in [0, 0.05) is 0 Å². The molecule has 7 nitrogen and oxygen atoms in total.